The molecule has 9 heteroatoms. The maximum Gasteiger partial charge on any atom is 0.408 e. The van der Waals surface area contributed by atoms with E-state index in [1.807, 2.05) is 6.92 Å². The maximum atomic E-state index is 12.7. The molecule has 1 saturated heterocycles. The molecule has 1 aliphatic heterocycles. The summed E-state index contributed by atoms with van der Waals surface area (Å²) < 4.78 is 54.0. The van der Waals surface area contributed by atoms with Crippen molar-refractivity contribution in [2.24, 2.45) is 5.92 Å². The number of cyclic esters (lactones) is 1. The van der Waals surface area contributed by atoms with Gasteiger partial charge in [0.2, 0.25) is 0 Å². The molecule has 6 nitrogen and oxygen atoms in total. The minimum Gasteiger partial charge on any atom is -0.461 e. The van der Waals surface area contributed by atoms with Crippen LogP contribution < -0.4 is 5.32 Å². The van der Waals surface area contributed by atoms with Crippen molar-refractivity contribution in [3.8, 4) is 0 Å². The molecular weight excluding hydrogens is 415 g/mol. The quantitative estimate of drug-likeness (QED) is 0.386. The highest BCUT2D eigenvalue weighted by molar-refractivity contribution is 5.81. The van der Waals surface area contributed by atoms with Crippen molar-refractivity contribution < 1.29 is 37.0 Å². The average molecular weight is 454 g/mol. The van der Waals surface area contributed by atoms with Crippen molar-refractivity contribution in [1.29, 1.82) is 0 Å². The molecule has 4 atom stereocenters. The van der Waals surface area contributed by atoms with Gasteiger partial charge in [-0.05, 0) is 59.8 Å². The fourth-order valence-electron chi connectivity index (χ4n) is 3.67. The smallest absolute Gasteiger partial charge is 0.408 e. The molecule has 0 spiro atoms. The molecule has 1 aliphatic rings. The van der Waals surface area contributed by atoms with E-state index in [1.54, 1.807) is 27.7 Å². The number of amides is 1. The van der Waals surface area contributed by atoms with E-state index in [9.17, 15) is 22.8 Å². The van der Waals surface area contributed by atoms with Gasteiger partial charge in [0.25, 0.3) is 0 Å². The van der Waals surface area contributed by atoms with Crippen molar-refractivity contribution in [2.45, 2.75) is 116 Å². The van der Waals surface area contributed by atoms with Crippen LogP contribution in [0.4, 0.5) is 18.0 Å². The zero-order valence-corrected chi connectivity index (χ0v) is 19.3. The molecule has 1 N–H and O–H groups in total. The van der Waals surface area contributed by atoms with Crippen molar-refractivity contribution >= 4 is 12.1 Å². The van der Waals surface area contributed by atoms with Gasteiger partial charge in [0, 0.05) is 18.9 Å². The normalized spacial score (nSPS) is 25.7. The second-order valence-electron chi connectivity index (χ2n) is 9.21. The summed E-state index contributed by atoms with van der Waals surface area (Å²) in [6, 6.07) is -0.840. The summed E-state index contributed by atoms with van der Waals surface area (Å²) in [4.78, 5) is 24.8. The molecule has 0 aromatic carbocycles. The highest BCUT2D eigenvalue weighted by atomic mass is 19.4. The number of esters is 1. The van der Waals surface area contributed by atoms with Gasteiger partial charge in [0.1, 0.15) is 17.7 Å². The van der Waals surface area contributed by atoms with Gasteiger partial charge in [-0.3, -0.25) is 0 Å². The molecule has 182 valence electrons. The van der Waals surface area contributed by atoms with Gasteiger partial charge < -0.3 is 19.5 Å². The Morgan fingerprint density at radius 3 is 2.45 bits per heavy atom. The predicted octanol–water partition coefficient (Wildman–Crippen LogP) is 5.53. The zero-order valence-electron chi connectivity index (χ0n) is 19.3. The van der Waals surface area contributed by atoms with Crippen molar-refractivity contribution in [2.75, 3.05) is 6.61 Å². The van der Waals surface area contributed by atoms with E-state index in [4.69, 9.17) is 14.2 Å². The lowest BCUT2D eigenvalue weighted by Crippen LogP contribution is -2.45. The van der Waals surface area contributed by atoms with Gasteiger partial charge in [0.15, 0.2) is 0 Å². The van der Waals surface area contributed by atoms with Crippen molar-refractivity contribution in [3.63, 3.8) is 0 Å². The van der Waals surface area contributed by atoms with E-state index in [2.05, 4.69) is 5.32 Å². The number of hydrogen-bond donors (Lipinski definition) is 1. The topological polar surface area (TPSA) is 73.9 Å². The fraction of sp³-hybridized carbons (Fsp3) is 0.909. The molecule has 1 rings (SSSR count). The van der Waals surface area contributed by atoms with Crippen LogP contribution in [0.2, 0.25) is 0 Å². The average Bonchev–Trinajstić information content (AvgIpc) is 2.65. The third kappa shape index (κ3) is 11.6. The Morgan fingerprint density at radius 1 is 1.19 bits per heavy atom. The first-order chi connectivity index (χ1) is 14.3. The van der Waals surface area contributed by atoms with Crippen LogP contribution in [0.15, 0.2) is 0 Å². The van der Waals surface area contributed by atoms with Crippen LogP contribution in [0.5, 0.6) is 0 Å². The number of alkyl halides is 3. The van der Waals surface area contributed by atoms with Gasteiger partial charge in [0.05, 0.1) is 6.10 Å². The molecule has 0 radical (unpaired) electrons. The molecule has 0 aromatic heterocycles. The van der Waals surface area contributed by atoms with E-state index in [0.29, 0.717) is 19.3 Å². The fourth-order valence-corrected chi connectivity index (χ4v) is 3.67. The van der Waals surface area contributed by atoms with Crippen molar-refractivity contribution in [3.05, 3.63) is 0 Å². The van der Waals surface area contributed by atoms with Crippen LogP contribution in [0.1, 0.15) is 86.0 Å². The van der Waals surface area contributed by atoms with E-state index in [-0.39, 0.29) is 25.0 Å². The summed E-state index contributed by atoms with van der Waals surface area (Å²) in [5, 5.41) is 2.58. The highest BCUT2D eigenvalue weighted by Crippen LogP contribution is 2.29. The molecule has 0 saturated carbocycles. The predicted molar refractivity (Wildman–Crippen MR) is 111 cm³/mol. The third-order valence-corrected chi connectivity index (χ3v) is 5.17. The number of nitrogens with one attached hydrogen (secondary N) is 1. The summed E-state index contributed by atoms with van der Waals surface area (Å²) in [6.45, 7) is 9.03. The van der Waals surface area contributed by atoms with Crippen LogP contribution in [0.25, 0.3) is 0 Å². The van der Waals surface area contributed by atoms with E-state index >= 15 is 0 Å². The van der Waals surface area contributed by atoms with E-state index in [1.165, 1.54) is 0 Å². The molecule has 1 fully saturated rings. The van der Waals surface area contributed by atoms with Gasteiger partial charge >= 0.3 is 18.2 Å². The first-order valence-corrected chi connectivity index (χ1v) is 11.2. The van der Waals surface area contributed by atoms with Crippen LogP contribution in [0, 0.1) is 5.92 Å². The highest BCUT2D eigenvalue weighted by Gasteiger charge is 2.35. The van der Waals surface area contributed by atoms with Gasteiger partial charge in [-0.15, -0.1) is 0 Å². The lowest BCUT2D eigenvalue weighted by molar-refractivity contribution is -0.157. The summed E-state index contributed by atoms with van der Waals surface area (Å²) in [6.07, 6.45) is -2.58. The second-order valence-corrected chi connectivity index (χ2v) is 9.21. The standard InChI is InChI=1S/C22H38F3NO5/c1-6-7-10-16-15(2)30-19(27)17(26-20(28)31-21(3,4)5)11-8-12-18(16)29-14-9-13-22(23,24)25/h15-18H,6-14H2,1-5H3,(H,26,28)/t15-,16-,17-,18-/m0/s1. The monoisotopic (exact) mass is 453 g/mol. The largest absolute Gasteiger partial charge is 0.461 e. The Bertz CT molecular complexity index is 562. The van der Waals surface area contributed by atoms with Crippen LogP contribution >= 0.6 is 0 Å². The Hall–Kier alpha value is -1.51. The molecule has 0 unspecified atom stereocenters. The lowest BCUT2D eigenvalue weighted by Gasteiger charge is -2.31. The third-order valence-electron chi connectivity index (χ3n) is 5.17. The summed E-state index contributed by atoms with van der Waals surface area (Å²) >= 11 is 0. The Kier molecular flexibility index (Phi) is 11.1. The number of carbonyl (C=O) groups is 2. The number of carbonyl (C=O) groups excluding carboxylic acids is 2. The number of unbranched alkanes of at least 4 members (excludes halogenated alkanes) is 1. The molecule has 1 heterocycles. The van der Waals surface area contributed by atoms with Crippen LogP contribution in [-0.2, 0) is 19.0 Å². The number of ether oxygens (including phenoxy) is 3. The Balaban J connectivity index is 2.81. The number of rotatable bonds is 8. The van der Waals surface area contributed by atoms with Crippen molar-refractivity contribution in [1.82, 2.24) is 5.32 Å². The van der Waals surface area contributed by atoms with Gasteiger partial charge in [-0.1, -0.05) is 19.8 Å². The molecule has 31 heavy (non-hydrogen) atoms. The minimum atomic E-state index is -4.20. The second kappa shape index (κ2) is 12.5. The summed E-state index contributed by atoms with van der Waals surface area (Å²) in [7, 11) is 0. The van der Waals surface area contributed by atoms with Gasteiger partial charge in [-0.25, -0.2) is 9.59 Å². The van der Waals surface area contributed by atoms with Gasteiger partial charge in [-0.2, -0.15) is 13.2 Å². The minimum absolute atomic E-state index is 0.00700. The van der Waals surface area contributed by atoms with Crippen LogP contribution in [-0.4, -0.2) is 48.7 Å². The summed E-state index contributed by atoms with van der Waals surface area (Å²) in [5.41, 5.74) is -0.694. The van der Waals surface area contributed by atoms with E-state index < -0.39 is 42.4 Å². The molecule has 1 amide bonds. The molecule has 0 aromatic rings. The maximum absolute atomic E-state index is 12.7. The Morgan fingerprint density at radius 2 is 1.87 bits per heavy atom. The number of hydrogen-bond acceptors (Lipinski definition) is 5. The summed E-state index contributed by atoms with van der Waals surface area (Å²) in [5.74, 6) is -0.646. The first-order valence-electron chi connectivity index (χ1n) is 11.2. The molecule has 0 aliphatic carbocycles. The SMILES string of the molecule is CCCC[C@H]1[C@H](C)OC(=O)[C@@H](NC(=O)OC(C)(C)C)CCC[C@@H]1OCCCC(F)(F)F. The molecule has 0 bridgehead atoms. The Labute approximate surface area is 183 Å². The molecular formula is C22H38F3NO5. The number of halogens is 3. The number of alkyl carbamates (subject to hydrolysis) is 1. The van der Waals surface area contributed by atoms with E-state index in [0.717, 1.165) is 19.3 Å². The first kappa shape index (κ1) is 27.5. The zero-order chi connectivity index (χ0) is 23.7. The lowest BCUT2D eigenvalue weighted by atomic mass is 9.88. The van der Waals surface area contributed by atoms with Crippen LogP contribution in [0.3, 0.4) is 0 Å².